The lowest BCUT2D eigenvalue weighted by Crippen LogP contribution is -2.37. The molecule has 0 N–H and O–H groups in total. The molecule has 0 fully saturated rings. The molecule has 0 saturated heterocycles. The quantitative estimate of drug-likeness (QED) is 0.0195. The number of esters is 2. The van der Waals surface area contributed by atoms with Gasteiger partial charge in [0, 0.05) is 12.8 Å². The Bertz CT molecular complexity index is 1430. The van der Waals surface area contributed by atoms with Crippen molar-refractivity contribution in [3.8, 4) is 0 Å². The minimum Gasteiger partial charge on any atom is -0.756 e. The zero-order valence-corrected chi connectivity index (χ0v) is 49.9. The summed E-state index contributed by atoms with van der Waals surface area (Å²) in [6.45, 7) is 4.12. The van der Waals surface area contributed by atoms with E-state index in [1.165, 1.54) is 173 Å². The van der Waals surface area contributed by atoms with Gasteiger partial charge in [0.05, 0.1) is 27.7 Å². The number of phosphoric acid groups is 1. The van der Waals surface area contributed by atoms with Crippen LogP contribution < -0.4 is 4.89 Å². The Morgan fingerprint density at radius 1 is 0.432 bits per heavy atom. The molecule has 0 radical (unpaired) electrons. The Hall–Kier alpha value is -2.29. The summed E-state index contributed by atoms with van der Waals surface area (Å²) in [5, 5.41) is 0. The van der Waals surface area contributed by atoms with Crippen LogP contribution in [-0.4, -0.2) is 70.0 Å². The third kappa shape index (κ3) is 59.0. The maximum Gasteiger partial charge on any atom is 0.306 e. The fourth-order valence-electron chi connectivity index (χ4n) is 8.76. The molecule has 0 saturated carbocycles. The minimum atomic E-state index is -4.64. The first-order valence-corrected chi connectivity index (χ1v) is 32.5. The van der Waals surface area contributed by atoms with Crippen molar-refractivity contribution in [1.29, 1.82) is 0 Å². The molecule has 0 aromatic carbocycles. The van der Waals surface area contributed by atoms with Crippen LogP contribution in [0, 0.1) is 0 Å². The summed E-state index contributed by atoms with van der Waals surface area (Å²) >= 11 is 0. The predicted molar refractivity (Wildman–Crippen MR) is 314 cm³/mol. The number of allylic oxidation sites excluding steroid dienone is 10. The van der Waals surface area contributed by atoms with Gasteiger partial charge >= 0.3 is 11.9 Å². The molecular weight excluding hydrogens is 942 g/mol. The van der Waals surface area contributed by atoms with Crippen LogP contribution in [0.5, 0.6) is 0 Å². The van der Waals surface area contributed by atoms with E-state index in [1.807, 2.05) is 21.1 Å². The lowest BCUT2D eigenvalue weighted by Gasteiger charge is -2.28. The molecule has 0 aliphatic heterocycles. The first-order chi connectivity index (χ1) is 36.0. The van der Waals surface area contributed by atoms with Gasteiger partial charge in [0.15, 0.2) is 6.10 Å². The summed E-state index contributed by atoms with van der Waals surface area (Å²) in [4.78, 5) is 37.8. The maximum atomic E-state index is 12.8. The Balaban J connectivity index is 3.95. The molecule has 9 nitrogen and oxygen atoms in total. The third-order valence-corrected chi connectivity index (χ3v) is 14.5. The summed E-state index contributed by atoms with van der Waals surface area (Å²) in [7, 11) is 1.16. The Kier molecular flexibility index (Phi) is 53.7. The number of nitrogens with zero attached hydrogens (tertiary/aromatic N) is 1. The van der Waals surface area contributed by atoms with Crippen molar-refractivity contribution in [2.75, 3.05) is 47.5 Å². The second-order valence-corrected chi connectivity index (χ2v) is 23.4. The number of quaternary nitrogens is 1. The molecule has 0 aliphatic carbocycles. The summed E-state index contributed by atoms with van der Waals surface area (Å²) < 4.78 is 34.1. The number of rotatable bonds is 57. The van der Waals surface area contributed by atoms with Crippen LogP contribution in [0.4, 0.5) is 0 Å². The normalized spacial score (nSPS) is 13.6. The van der Waals surface area contributed by atoms with E-state index in [2.05, 4.69) is 74.6 Å². The lowest BCUT2D eigenvalue weighted by molar-refractivity contribution is -0.870. The molecule has 0 rings (SSSR count). The molecule has 0 bridgehead atoms. The fourth-order valence-corrected chi connectivity index (χ4v) is 9.49. The highest BCUT2D eigenvalue weighted by molar-refractivity contribution is 7.45. The summed E-state index contributed by atoms with van der Waals surface area (Å²) in [5.41, 5.74) is 0. The zero-order valence-electron chi connectivity index (χ0n) is 49.0. The Morgan fingerprint density at radius 3 is 1.15 bits per heavy atom. The van der Waals surface area contributed by atoms with Crippen molar-refractivity contribution in [1.82, 2.24) is 0 Å². The topological polar surface area (TPSA) is 111 Å². The standard InChI is InChI=1S/C64H118NO8P/c1-6-8-10-12-14-16-18-20-22-23-24-25-26-27-28-29-30-31-32-33-34-35-36-37-38-39-40-41-43-44-46-48-50-52-54-56-63(66)70-60-62(61-72-74(68,69)71-59-58-65(3,4)5)73-64(67)57-55-53-51-49-47-45-42-21-19-17-15-13-11-9-7-2/h9,11,15,17-18,20-21,23-24,42,62H,6-8,10,12-14,16,19,22,25-41,43-61H2,1-5H3/b11-9-,17-15-,20-18-,24-23-,42-21-. The van der Waals surface area contributed by atoms with Crippen LogP contribution >= 0.6 is 7.82 Å². The van der Waals surface area contributed by atoms with E-state index < -0.39 is 26.5 Å². The van der Waals surface area contributed by atoms with E-state index in [4.69, 9.17) is 18.5 Å². The van der Waals surface area contributed by atoms with Gasteiger partial charge in [-0.05, 0) is 77.0 Å². The van der Waals surface area contributed by atoms with Crippen LogP contribution in [0.1, 0.15) is 284 Å². The van der Waals surface area contributed by atoms with Gasteiger partial charge in [-0.1, -0.05) is 254 Å². The maximum absolute atomic E-state index is 12.8. The highest BCUT2D eigenvalue weighted by Crippen LogP contribution is 2.38. The number of unbranched alkanes of at least 4 members (excludes halogenated alkanes) is 33. The summed E-state index contributed by atoms with van der Waals surface area (Å²) in [6, 6.07) is 0. The van der Waals surface area contributed by atoms with Crippen molar-refractivity contribution in [2.24, 2.45) is 0 Å². The molecule has 0 amide bonds. The van der Waals surface area contributed by atoms with E-state index in [1.54, 1.807) is 0 Å². The summed E-state index contributed by atoms with van der Waals surface area (Å²) in [6.07, 6.45) is 71.6. The largest absolute Gasteiger partial charge is 0.756 e. The zero-order chi connectivity index (χ0) is 54.2. The van der Waals surface area contributed by atoms with E-state index in [-0.39, 0.29) is 32.0 Å². The first kappa shape index (κ1) is 71.7. The molecule has 0 spiro atoms. The van der Waals surface area contributed by atoms with Gasteiger partial charge < -0.3 is 27.9 Å². The monoisotopic (exact) mass is 1060 g/mol. The summed E-state index contributed by atoms with van der Waals surface area (Å²) in [5.74, 6) is -0.845. The number of hydrogen-bond acceptors (Lipinski definition) is 8. The van der Waals surface area contributed by atoms with Gasteiger partial charge in [0.2, 0.25) is 0 Å². The van der Waals surface area contributed by atoms with Gasteiger partial charge in [-0.3, -0.25) is 14.2 Å². The van der Waals surface area contributed by atoms with Crippen molar-refractivity contribution in [2.45, 2.75) is 290 Å². The van der Waals surface area contributed by atoms with Crippen molar-refractivity contribution in [3.63, 3.8) is 0 Å². The van der Waals surface area contributed by atoms with Crippen molar-refractivity contribution in [3.05, 3.63) is 60.8 Å². The van der Waals surface area contributed by atoms with Crippen LogP contribution in [0.2, 0.25) is 0 Å². The number of carbonyl (C=O) groups is 2. The van der Waals surface area contributed by atoms with Crippen molar-refractivity contribution < 1.29 is 42.1 Å². The van der Waals surface area contributed by atoms with Crippen molar-refractivity contribution >= 4 is 19.8 Å². The van der Waals surface area contributed by atoms with Gasteiger partial charge in [-0.15, -0.1) is 0 Å². The number of ether oxygens (including phenoxy) is 2. The number of hydrogen-bond donors (Lipinski definition) is 0. The van der Waals surface area contributed by atoms with Gasteiger partial charge in [0.25, 0.3) is 7.82 Å². The Labute approximate surface area is 457 Å². The first-order valence-electron chi connectivity index (χ1n) is 31.0. The minimum absolute atomic E-state index is 0.0349. The smallest absolute Gasteiger partial charge is 0.306 e. The SMILES string of the molecule is CC/C=C\C/C=C\C/C=C\CCCCCCCC(=O)OC(COC(=O)CCCCCCCCCCCCCCCCCCCCCCCCC/C=C\C/C=C\CCCCCCC)COP(=O)([O-])OCC[N+](C)(C)C. The second-order valence-electron chi connectivity index (χ2n) is 22.0. The average Bonchev–Trinajstić information content (AvgIpc) is 3.36. The van der Waals surface area contributed by atoms with Gasteiger partial charge in [-0.2, -0.15) is 0 Å². The number of likely N-dealkylation sites (N-methyl/N-ethyl adjacent to an activating group) is 1. The highest BCUT2D eigenvalue weighted by Gasteiger charge is 2.22. The molecule has 0 aromatic rings. The second kappa shape index (κ2) is 55.5. The molecule has 0 aliphatic rings. The molecule has 74 heavy (non-hydrogen) atoms. The average molecular weight is 1060 g/mol. The van der Waals surface area contributed by atoms with Crippen LogP contribution in [0.3, 0.4) is 0 Å². The molecule has 10 heteroatoms. The fraction of sp³-hybridized carbons (Fsp3) is 0.812. The number of carbonyl (C=O) groups excluding carboxylic acids is 2. The molecule has 0 heterocycles. The molecule has 2 atom stereocenters. The van der Waals surface area contributed by atoms with Crippen LogP contribution in [0.15, 0.2) is 60.8 Å². The van der Waals surface area contributed by atoms with E-state index in [0.29, 0.717) is 17.4 Å². The van der Waals surface area contributed by atoms with Gasteiger partial charge in [-0.25, -0.2) is 0 Å². The van der Waals surface area contributed by atoms with E-state index >= 15 is 0 Å². The molecular formula is C64H118NO8P. The van der Waals surface area contributed by atoms with Gasteiger partial charge in [0.1, 0.15) is 19.8 Å². The third-order valence-electron chi connectivity index (χ3n) is 13.5. The lowest BCUT2D eigenvalue weighted by atomic mass is 10.0. The van der Waals surface area contributed by atoms with Crippen LogP contribution in [0.25, 0.3) is 0 Å². The molecule has 2 unspecified atom stereocenters. The number of phosphoric ester groups is 1. The molecule has 0 aromatic heterocycles. The Morgan fingerprint density at radius 2 is 0.770 bits per heavy atom. The highest BCUT2D eigenvalue weighted by atomic mass is 31.2. The van der Waals surface area contributed by atoms with E-state index in [0.717, 1.165) is 77.0 Å². The predicted octanol–water partition coefficient (Wildman–Crippen LogP) is 18.9. The molecule has 432 valence electrons. The van der Waals surface area contributed by atoms with E-state index in [9.17, 15) is 19.0 Å². The van der Waals surface area contributed by atoms with Crippen LogP contribution in [-0.2, 0) is 32.7 Å².